The molecule has 0 atom stereocenters. The highest BCUT2D eigenvalue weighted by atomic mass is 19.4. The Balaban J connectivity index is 1.82. The lowest BCUT2D eigenvalue weighted by Crippen LogP contribution is -2.26. The predicted molar refractivity (Wildman–Crippen MR) is 118 cm³/mol. The minimum atomic E-state index is -4.39. The van der Waals surface area contributed by atoms with Crippen LogP contribution in [-0.4, -0.2) is 17.9 Å². The van der Waals surface area contributed by atoms with Crippen LogP contribution in [0.15, 0.2) is 72.8 Å². The second kappa shape index (κ2) is 8.58. The van der Waals surface area contributed by atoms with E-state index in [2.05, 4.69) is 32.9 Å². The summed E-state index contributed by atoms with van der Waals surface area (Å²) in [6.07, 6.45) is -4.39. The Hall–Kier alpha value is -3.08. The van der Waals surface area contributed by atoms with Crippen molar-refractivity contribution in [3.8, 4) is 11.1 Å². The third-order valence-corrected chi connectivity index (χ3v) is 5.27. The van der Waals surface area contributed by atoms with Crippen LogP contribution in [0.5, 0.6) is 0 Å². The summed E-state index contributed by atoms with van der Waals surface area (Å²) in [6.45, 7) is 6.88. The Morgan fingerprint density at radius 2 is 1.35 bits per heavy atom. The van der Waals surface area contributed by atoms with E-state index in [1.165, 1.54) is 17.7 Å². The average Bonchev–Trinajstić information content (AvgIpc) is 2.72. The Morgan fingerprint density at radius 3 is 1.90 bits per heavy atom. The van der Waals surface area contributed by atoms with Crippen LogP contribution in [0.3, 0.4) is 0 Å². The zero-order valence-corrected chi connectivity index (χ0v) is 18.1. The Labute approximate surface area is 181 Å². The zero-order valence-electron chi connectivity index (χ0n) is 18.1. The summed E-state index contributed by atoms with van der Waals surface area (Å²) in [5, 5.41) is 0. The van der Waals surface area contributed by atoms with Gasteiger partial charge in [0.25, 0.3) is 5.91 Å². The largest absolute Gasteiger partial charge is 0.416 e. The van der Waals surface area contributed by atoms with E-state index in [0.717, 1.165) is 17.7 Å². The highest BCUT2D eigenvalue weighted by molar-refractivity contribution is 6.00. The molecule has 0 aromatic heterocycles. The highest BCUT2D eigenvalue weighted by Gasteiger charge is 2.30. The fourth-order valence-electron chi connectivity index (χ4n) is 3.42. The number of amides is 1. The number of hydrogen-bond donors (Lipinski definition) is 0. The van der Waals surface area contributed by atoms with Gasteiger partial charge in [-0.15, -0.1) is 0 Å². The predicted octanol–water partition coefficient (Wildman–Crippen LogP) is 6.94. The molecule has 2 nitrogen and oxygen atoms in total. The molecule has 0 fully saturated rings. The molecule has 31 heavy (non-hydrogen) atoms. The fourth-order valence-corrected chi connectivity index (χ4v) is 3.42. The summed E-state index contributed by atoms with van der Waals surface area (Å²) in [6, 6.07) is 20.1. The molecule has 0 saturated heterocycles. The summed E-state index contributed by atoms with van der Waals surface area (Å²) in [7, 11) is 1.73. The van der Waals surface area contributed by atoms with Gasteiger partial charge in [0.2, 0.25) is 0 Å². The van der Waals surface area contributed by atoms with Crippen molar-refractivity contribution in [2.75, 3.05) is 7.05 Å². The molecule has 0 unspecified atom stereocenters. The van der Waals surface area contributed by atoms with Gasteiger partial charge in [0.05, 0.1) is 5.56 Å². The monoisotopic (exact) mass is 425 g/mol. The van der Waals surface area contributed by atoms with Gasteiger partial charge in [-0.2, -0.15) is 13.2 Å². The first-order chi connectivity index (χ1) is 14.5. The smallest absolute Gasteiger partial charge is 0.337 e. The van der Waals surface area contributed by atoms with E-state index < -0.39 is 11.7 Å². The van der Waals surface area contributed by atoms with E-state index >= 15 is 0 Å². The van der Waals surface area contributed by atoms with E-state index in [9.17, 15) is 18.0 Å². The van der Waals surface area contributed by atoms with Crippen molar-refractivity contribution >= 4 is 5.91 Å². The minimum absolute atomic E-state index is 0.0564. The fraction of sp³-hybridized carbons (Fsp3) is 0.269. The lowest BCUT2D eigenvalue weighted by Gasteiger charge is -2.22. The van der Waals surface area contributed by atoms with E-state index in [1.54, 1.807) is 36.2 Å². The van der Waals surface area contributed by atoms with Crippen molar-refractivity contribution in [1.82, 2.24) is 4.90 Å². The van der Waals surface area contributed by atoms with Crippen LogP contribution >= 0.6 is 0 Å². The Kier molecular flexibility index (Phi) is 6.25. The molecule has 0 radical (unpaired) electrons. The molecule has 0 spiro atoms. The molecule has 0 aliphatic carbocycles. The van der Waals surface area contributed by atoms with Gasteiger partial charge in [0, 0.05) is 19.2 Å². The lowest BCUT2D eigenvalue weighted by molar-refractivity contribution is -0.137. The molecule has 0 saturated carbocycles. The van der Waals surface area contributed by atoms with Crippen LogP contribution in [-0.2, 0) is 18.1 Å². The van der Waals surface area contributed by atoms with E-state index in [-0.39, 0.29) is 11.3 Å². The van der Waals surface area contributed by atoms with Crippen molar-refractivity contribution < 1.29 is 18.0 Å². The first-order valence-electron chi connectivity index (χ1n) is 10.1. The number of hydrogen-bond acceptors (Lipinski definition) is 1. The van der Waals surface area contributed by atoms with Crippen LogP contribution in [0.4, 0.5) is 13.2 Å². The van der Waals surface area contributed by atoms with Crippen molar-refractivity contribution in [2.45, 2.75) is 38.9 Å². The molecule has 5 heteroatoms. The minimum Gasteiger partial charge on any atom is -0.337 e. The molecular weight excluding hydrogens is 399 g/mol. The summed E-state index contributed by atoms with van der Waals surface area (Å²) in [5.41, 5.74) is 3.21. The normalized spacial score (nSPS) is 12.0. The third kappa shape index (κ3) is 5.35. The third-order valence-electron chi connectivity index (χ3n) is 5.27. The first kappa shape index (κ1) is 22.6. The van der Waals surface area contributed by atoms with Crippen molar-refractivity contribution in [3.63, 3.8) is 0 Å². The molecule has 0 aliphatic heterocycles. The summed E-state index contributed by atoms with van der Waals surface area (Å²) in [5.74, 6) is -0.185. The topological polar surface area (TPSA) is 20.3 Å². The number of halogens is 3. The van der Waals surface area contributed by atoms with Gasteiger partial charge in [0.1, 0.15) is 0 Å². The van der Waals surface area contributed by atoms with Gasteiger partial charge < -0.3 is 4.90 Å². The second-order valence-electron chi connectivity index (χ2n) is 8.73. The molecule has 0 aliphatic rings. The first-order valence-corrected chi connectivity index (χ1v) is 10.1. The van der Waals surface area contributed by atoms with Crippen molar-refractivity contribution in [1.29, 1.82) is 0 Å². The molecule has 1 amide bonds. The molecule has 3 aromatic carbocycles. The van der Waals surface area contributed by atoms with Gasteiger partial charge in [-0.3, -0.25) is 4.79 Å². The molecule has 162 valence electrons. The highest BCUT2D eigenvalue weighted by Crippen LogP contribution is 2.32. The molecule has 0 N–H and O–H groups in total. The lowest BCUT2D eigenvalue weighted by atomic mass is 9.87. The molecule has 3 aromatic rings. The summed E-state index contributed by atoms with van der Waals surface area (Å²) < 4.78 is 38.6. The quantitative estimate of drug-likeness (QED) is 0.443. The van der Waals surface area contributed by atoms with Crippen molar-refractivity contribution in [2.24, 2.45) is 0 Å². The maximum atomic E-state index is 13.1. The number of carbonyl (C=O) groups is 1. The number of benzene rings is 3. The molecule has 0 bridgehead atoms. The molecule has 0 heterocycles. The van der Waals surface area contributed by atoms with Gasteiger partial charge in [0.15, 0.2) is 0 Å². The molecule has 3 rings (SSSR count). The number of alkyl halides is 3. The Morgan fingerprint density at radius 1 is 0.806 bits per heavy atom. The zero-order chi connectivity index (χ0) is 22.8. The van der Waals surface area contributed by atoms with E-state index in [4.69, 9.17) is 0 Å². The number of nitrogens with zero attached hydrogens (tertiary/aromatic N) is 1. The van der Waals surface area contributed by atoms with Crippen LogP contribution < -0.4 is 0 Å². The number of carbonyl (C=O) groups excluding carboxylic acids is 1. The maximum absolute atomic E-state index is 13.1. The van der Waals surface area contributed by atoms with Crippen LogP contribution in [0.1, 0.15) is 47.8 Å². The van der Waals surface area contributed by atoms with Gasteiger partial charge in [-0.1, -0.05) is 75.4 Å². The van der Waals surface area contributed by atoms with Crippen LogP contribution in [0, 0.1) is 0 Å². The van der Waals surface area contributed by atoms with Crippen LogP contribution in [0.25, 0.3) is 11.1 Å². The van der Waals surface area contributed by atoms with Crippen molar-refractivity contribution in [3.05, 3.63) is 95.1 Å². The van der Waals surface area contributed by atoms with E-state index in [0.29, 0.717) is 23.2 Å². The van der Waals surface area contributed by atoms with Gasteiger partial charge >= 0.3 is 6.18 Å². The maximum Gasteiger partial charge on any atom is 0.416 e. The summed E-state index contributed by atoms with van der Waals surface area (Å²) >= 11 is 0. The average molecular weight is 425 g/mol. The van der Waals surface area contributed by atoms with Gasteiger partial charge in [-0.25, -0.2) is 0 Å². The van der Waals surface area contributed by atoms with E-state index in [1.807, 2.05) is 12.1 Å². The summed E-state index contributed by atoms with van der Waals surface area (Å²) in [4.78, 5) is 14.8. The van der Waals surface area contributed by atoms with Crippen LogP contribution in [0.2, 0.25) is 0 Å². The second-order valence-corrected chi connectivity index (χ2v) is 8.73. The molecular formula is C26H26F3NO. The standard InChI is InChI=1S/C26H26F3NO/c1-25(2,3)20-13-9-18(10-14-20)17-30(4)24(31)23-8-6-5-7-22(23)19-11-15-21(16-12-19)26(27,28)29/h5-16H,17H2,1-4H3. The number of rotatable bonds is 4. The SMILES string of the molecule is CN(Cc1ccc(C(C)(C)C)cc1)C(=O)c1ccccc1-c1ccc(C(F)(F)F)cc1. The Bertz CT molecular complexity index is 1050. The van der Waals surface area contributed by atoms with Gasteiger partial charge in [-0.05, 0) is 45.9 Å².